The molecular weight excluding hydrogens is 559 g/mol. The van der Waals surface area contributed by atoms with Crippen molar-refractivity contribution in [3.05, 3.63) is 35.4 Å². The highest BCUT2D eigenvalue weighted by atomic mass is 35.6. The van der Waals surface area contributed by atoms with Crippen LogP contribution in [0.5, 0.6) is 0 Å². The maximum Gasteiger partial charge on any atom is 0.303 e. The Labute approximate surface area is 225 Å². The number of nitrogens with zero attached hydrogens (tertiary/aromatic N) is 1. The van der Waals surface area contributed by atoms with Crippen molar-refractivity contribution in [1.29, 1.82) is 5.41 Å². The molecule has 0 spiro atoms. The molecule has 37 heavy (non-hydrogen) atoms. The van der Waals surface area contributed by atoms with Gasteiger partial charge in [0.15, 0.2) is 12.2 Å². The maximum absolute atomic E-state index is 13.3. The minimum atomic E-state index is -2.38. The van der Waals surface area contributed by atoms with Gasteiger partial charge in [-0.25, -0.2) is 0 Å². The monoisotopic (exact) mass is 578 g/mol. The molecule has 3 rings (SSSR count). The van der Waals surface area contributed by atoms with E-state index in [0.717, 1.165) is 20.8 Å². The van der Waals surface area contributed by atoms with E-state index in [1.807, 2.05) is 0 Å². The van der Waals surface area contributed by atoms with Gasteiger partial charge in [-0.15, -0.1) is 0 Å². The topological polar surface area (TPSA) is 159 Å². The fourth-order valence-corrected chi connectivity index (χ4v) is 4.05. The van der Waals surface area contributed by atoms with Crippen molar-refractivity contribution in [3.8, 4) is 0 Å². The highest BCUT2D eigenvalue weighted by molar-refractivity contribution is 6.76. The molecule has 200 valence electrons. The van der Waals surface area contributed by atoms with E-state index in [1.165, 1.54) is 24.3 Å². The minimum Gasteiger partial charge on any atom is -0.463 e. The number of fused-ring (bicyclic) bond motifs is 1. The summed E-state index contributed by atoms with van der Waals surface area (Å²) in [4.78, 5) is 62.9. The van der Waals surface area contributed by atoms with E-state index >= 15 is 0 Å². The van der Waals surface area contributed by atoms with Crippen molar-refractivity contribution in [2.75, 3.05) is 6.61 Å². The Morgan fingerprint density at radius 2 is 1.43 bits per heavy atom. The van der Waals surface area contributed by atoms with Gasteiger partial charge in [0.1, 0.15) is 18.8 Å². The van der Waals surface area contributed by atoms with Gasteiger partial charge in [-0.1, -0.05) is 46.9 Å². The van der Waals surface area contributed by atoms with E-state index in [1.54, 1.807) is 0 Å². The summed E-state index contributed by atoms with van der Waals surface area (Å²) in [6.07, 6.45) is -6.23. The molecule has 2 amide bonds. The standard InChI is InChI=1S/C22H21Cl3N2O10/c1-9(28)33-8-14-16(34-10(2)29)17(35-11(3)30)15(20(36-14)37-21(26)22(23,24)25)27-18(31)12-6-4-5-7-13(12)19(27)32/h4-7,14-17,20,26H,8H2,1-3H3/t14-,15-,16-,17-,20-/m1/s1. The molecule has 2 heterocycles. The zero-order chi connectivity index (χ0) is 27.7. The van der Waals surface area contributed by atoms with Crippen LogP contribution < -0.4 is 0 Å². The summed E-state index contributed by atoms with van der Waals surface area (Å²) >= 11 is 17.3. The first kappa shape index (κ1) is 28.6. The molecular formula is C22H21Cl3N2O10. The van der Waals surface area contributed by atoms with Gasteiger partial charge in [-0.2, -0.15) is 0 Å². The van der Waals surface area contributed by atoms with Gasteiger partial charge < -0.3 is 23.7 Å². The third-order valence-corrected chi connectivity index (χ3v) is 5.80. The third kappa shape index (κ3) is 6.32. The summed E-state index contributed by atoms with van der Waals surface area (Å²) in [5.41, 5.74) is 0.0747. The second kappa shape index (κ2) is 11.2. The first-order valence-corrected chi connectivity index (χ1v) is 11.8. The van der Waals surface area contributed by atoms with Crippen molar-refractivity contribution in [1.82, 2.24) is 4.90 Å². The van der Waals surface area contributed by atoms with Crippen LogP contribution in [0.3, 0.4) is 0 Å². The molecule has 1 aromatic carbocycles. The molecule has 1 saturated heterocycles. The SMILES string of the molecule is CC(=O)OC[C@H]1O[C@H](OC(=N)C(Cl)(Cl)Cl)[C@H](N2C(=O)c3ccccc3C2=O)[C@@H](OC(C)=O)[C@@H]1OC(C)=O. The van der Waals surface area contributed by atoms with Crippen molar-refractivity contribution in [2.24, 2.45) is 0 Å². The van der Waals surface area contributed by atoms with E-state index in [-0.39, 0.29) is 11.1 Å². The number of nitrogens with one attached hydrogen (secondary N) is 1. The molecule has 0 bridgehead atoms. The zero-order valence-electron chi connectivity index (χ0n) is 19.6. The number of hydrogen-bond acceptors (Lipinski definition) is 11. The summed E-state index contributed by atoms with van der Waals surface area (Å²) in [7, 11) is 0. The first-order valence-electron chi connectivity index (χ1n) is 10.6. The maximum atomic E-state index is 13.3. The summed E-state index contributed by atoms with van der Waals surface area (Å²) in [5, 5.41) is 8.01. The quantitative estimate of drug-likeness (QED) is 0.132. The van der Waals surface area contributed by atoms with Gasteiger partial charge in [-0.05, 0) is 12.1 Å². The van der Waals surface area contributed by atoms with Crippen molar-refractivity contribution < 1.29 is 47.7 Å². The number of carbonyl (C=O) groups is 5. The van der Waals surface area contributed by atoms with E-state index in [9.17, 15) is 24.0 Å². The van der Waals surface area contributed by atoms with Crippen LogP contribution >= 0.6 is 34.8 Å². The predicted molar refractivity (Wildman–Crippen MR) is 126 cm³/mol. The number of imide groups is 1. The van der Waals surface area contributed by atoms with Gasteiger partial charge in [0, 0.05) is 20.8 Å². The van der Waals surface area contributed by atoms with Crippen LogP contribution in [0.4, 0.5) is 0 Å². The number of amides is 2. The highest BCUT2D eigenvalue weighted by Crippen LogP contribution is 2.37. The number of halogens is 3. The van der Waals surface area contributed by atoms with Gasteiger partial charge >= 0.3 is 17.9 Å². The molecule has 1 aromatic rings. The normalized spacial score (nSPS) is 25.2. The van der Waals surface area contributed by atoms with Crippen LogP contribution in [0, 0.1) is 5.41 Å². The molecule has 0 unspecified atom stereocenters. The Morgan fingerprint density at radius 3 is 1.89 bits per heavy atom. The van der Waals surface area contributed by atoms with E-state index < -0.39 is 76.7 Å². The van der Waals surface area contributed by atoms with Crippen LogP contribution in [0.2, 0.25) is 0 Å². The molecule has 1 fully saturated rings. The molecule has 15 heteroatoms. The van der Waals surface area contributed by atoms with Crippen molar-refractivity contribution in [3.63, 3.8) is 0 Å². The lowest BCUT2D eigenvalue weighted by atomic mass is 9.94. The number of carbonyl (C=O) groups excluding carboxylic acids is 5. The molecule has 2 aliphatic rings. The number of benzene rings is 1. The molecule has 0 aromatic heterocycles. The minimum absolute atomic E-state index is 0.0374. The number of rotatable bonds is 6. The van der Waals surface area contributed by atoms with E-state index in [2.05, 4.69) is 0 Å². The number of esters is 3. The fourth-order valence-electron chi connectivity index (χ4n) is 3.92. The molecule has 0 saturated carbocycles. The molecule has 0 aliphatic carbocycles. The molecule has 0 radical (unpaired) electrons. The van der Waals surface area contributed by atoms with Crippen LogP contribution in [0.25, 0.3) is 0 Å². The van der Waals surface area contributed by atoms with Crippen LogP contribution in [-0.4, -0.2) is 81.6 Å². The highest BCUT2D eigenvalue weighted by Gasteiger charge is 2.58. The average molecular weight is 580 g/mol. The third-order valence-electron chi connectivity index (χ3n) is 5.28. The Kier molecular flexibility index (Phi) is 8.68. The summed E-state index contributed by atoms with van der Waals surface area (Å²) in [5.74, 6) is -5.01. The first-order chi connectivity index (χ1) is 17.2. The van der Waals surface area contributed by atoms with Gasteiger partial charge in [0.2, 0.25) is 12.2 Å². The second-order valence-electron chi connectivity index (χ2n) is 7.95. The summed E-state index contributed by atoms with van der Waals surface area (Å²) in [6, 6.07) is 4.26. The lowest BCUT2D eigenvalue weighted by Crippen LogP contribution is -2.68. The predicted octanol–water partition coefficient (Wildman–Crippen LogP) is 2.17. The number of ether oxygens (including phenoxy) is 5. The lowest BCUT2D eigenvalue weighted by molar-refractivity contribution is -0.268. The summed E-state index contributed by atoms with van der Waals surface area (Å²) in [6.45, 7) is 2.69. The van der Waals surface area contributed by atoms with E-state index in [0.29, 0.717) is 4.90 Å². The van der Waals surface area contributed by atoms with E-state index in [4.69, 9.17) is 63.9 Å². The van der Waals surface area contributed by atoms with Gasteiger partial charge in [0.05, 0.1) is 11.1 Å². The Hall–Kier alpha value is -2.93. The van der Waals surface area contributed by atoms with Crippen molar-refractivity contribution >= 4 is 70.4 Å². The second-order valence-corrected chi connectivity index (χ2v) is 10.2. The number of hydrogen-bond donors (Lipinski definition) is 1. The molecule has 12 nitrogen and oxygen atoms in total. The zero-order valence-corrected chi connectivity index (χ0v) is 21.8. The van der Waals surface area contributed by atoms with Crippen molar-refractivity contribution in [2.45, 2.75) is 55.2 Å². The van der Waals surface area contributed by atoms with Crippen LogP contribution in [0.15, 0.2) is 24.3 Å². The largest absolute Gasteiger partial charge is 0.463 e. The number of alkyl halides is 3. The van der Waals surface area contributed by atoms with Crippen LogP contribution in [0.1, 0.15) is 41.5 Å². The lowest BCUT2D eigenvalue weighted by Gasteiger charge is -2.47. The Morgan fingerprint density at radius 1 is 0.919 bits per heavy atom. The van der Waals surface area contributed by atoms with Gasteiger partial charge in [-0.3, -0.25) is 34.3 Å². The molecule has 5 atom stereocenters. The molecule has 2 aliphatic heterocycles. The summed E-state index contributed by atoms with van der Waals surface area (Å²) < 4.78 is 24.6. The Bertz CT molecular complexity index is 1100. The molecule has 1 N–H and O–H groups in total. The van der Waals surface area contributed by atoms with Crippen LogP contribution in [-0.2, 0) is 38.1 Å². The fraction of sp³-hybridized carbons (Fsp3) is 0.455. The van der Waals surface area contributed by atoms with Gasteiger partial charge in [0.25, 0.3) is 15.6 Å². The Balaban J connectivity index is 2.14. The average Bonchev–Trinajstić information content (AvgIpc) is 3.03. The smallest absolute Gasteiger partial charge is 0.303 e.